The SMILES string of the molecule is CC(O)C(=O)C(C)(O)C(=O)O.O.O.[MgH2]. The van der Waals surface area contributed by atoms with Crippen LogP contribution in [0.2, 0.25) is 0 Å². The van der Waals surface area contributed by atoms with Crippen LogP contribution in [0, 0.1) is 0 Å². The molecule has 7 nitrogen and oxygen atoms in total. The molecule has 0 spiro atoms. The summed E-state index contributed by atoms with van der Waals surface area (Å²) in [4.78, 5) is 20.9. The summed E-state index contributed by atoms with van der Waals surface area (Å²) >= 11 is 0. The largest absolute Gasteiger partial charge is 0.479 e. The maximum absolute atomic E-state index is 10.7. The Hall–Kier alpha value is -0.254. The van der Waals surface area contributed by atoms with Crippen LogP contribution >= 0.6 is 0 Å². The quantitative estimate of drug-likeness (QED) is 0.331. The molecule has 0 aliphatic heterocycles. The van der Waals surface area contributed by atoms with Gasteiger partial charge in [0.2, 0.25) is 11.4 Å². The lowest BCUT2D eigenvalue weighted by molar-refractivity contribution is -0.166. The minimum absolute atomic E-state index is 0. The van der Waals surface area contributed by atoms with Gasteiger partial charge in [-0.15, -0.1) is 0 Å². The smallest absolute Gasteiger partial charge is 0.343 e. The average Bonchev–Trinajstić information content (AvgIpc) is 1.85. The number of Topliss-reactive ketones (excluding diaryl/α,β-unsaturated/α-hetero) is 1. The van der Waals surface area contributed by atoms with Gasteiger partial charge in [0.15, 0.2) is 0 Å². The molecule has 0 saturated heterocycles. The third kappa shape index (κ3) is 5.47. The first kappa shape index (κ1) is 23.5. The van der Waals surface area contributed by atoms with Crippen molar-refractivity contribution >= 4 is 34.8 Å². The van der Waals surface area contributed by atoms with Crippen molar-refractivity contribution < 1.29 is 35.9 Å². The Labute approximate surface area is 96.5 Å². The van der Waals surface area contributed by atoms with E-state index < -0.39 is 23.5 Å². The van der Waals surface area contributed by atoms with E-state index in [-0.39, 0.29) is 34.0 Å². The van der Waals surface area contributed by atoms with Gasteiger partial charge in [0.05, 0.1) is 0 Å². The van der Waals surface area contributed by atoms with Crippen LogP contribution in [-0.4, -0.2) is 72.8 Å². The zero-order valence-corrected chi connectivity index (χ0v) is 7.24. The lowest BCUT2D eigenvalue weighted by Gasteiger charge is -2.17. The van der Waals surface area contributed by atoms with Gasteiger partial charge in [0.25, 0.3) is 0 Å². The van der Waals surface area contributed by atoms with Gasteiger partial charge in [0.1, 0.15) is 6.10 Å². The molecule has 8 heteroatoms. The van der Waals surface area contributed by atoms with E-state index >= 15 is 0 Å². The van der Waals surface area contributed by atoms with Gasteiger partial charge in [0, 0.05) is 0 Å². The molecule has 0 saturated carbocycles. The summed E-state index contributed by atoms with van der Waals surface area (Å²) in [5.41, 5.74) is -2.49. The van der Waals surface area contributed by atoms with Crippen molar-refractivity contribution in [2.75, 3.05) is 0 Å². The van der Waals surface area contributed by atoms with Gasteiger partial charge < -0.3 is 26.3 Å². The van der Waals surface area contributed by atoms with Crippen molar-refractivity contribution in [2.45, 2.75) is 25.6 Å². The predicted octanol–water partition coefficient (Wildman–Crippen LogP) is -3.79. The molecule has 0 bridgehead atoms. The second-order valence-corrected chi connectivity index (χ2v) is 2.42. The summed E-state index contributed by atoms with van der Waals surface area (Å²) < 4.78 is 0. The molecule has 0 aliphatic rings. The Morgan fingerprint density at radius 1 is 1.29 bits per heavy atom. The molecule has 0 rings (SSSR count). The molecule has 0 fully saturated rings. The summed E-state index contributed by atoms with van der Waals surface area (Å²) in [6, 6.07) is 0. The topological polar surface area (TPSA) is 158 Å². The van der Waals surface area contributed by atoms with E-state index in [2.05, 4.69) is 0 Å². The third-order valence-electron chi connectivity index (χ3n) is 1.28. The maximum Gasteiger partial charge on any atom is 0.343 e. The van der Waals surface area contributed by atoms with Crippen molar-refractivity contribution in [1.29, 1.82) is 0 Å². The van der Waals surface area contributed by atoms with Crippen molar-refractivity contribution in [1.82, 2.24) is 0 Å². The van der Waals surface area contributed by atoms with Crippen molar-refractivity contribution in [3.63, 3.8) is 0 Å². The molecule has 0 aliphatic carbocycles. The highest BCUT2D eigenvalue weighted by Gasteiger charge is 2.40. The molecule has 0 heterocycles. The molecular weight excluding hydrogens is 208 g/mol. The molecular formula is C6H16MgO7. The van der Waals surface area contributed by atoms with Gasteiger partial charge in [-0.1, -0.05) is 0 Å². The Balaban J connectivity index is -0.000000167. The number of hydrogen-bond acceptors (Lipinski definition) is 4. The van der Waals surface area contributed by atoms with Crippen LogP contribution in [0.3, 0.4) is 0 Å². The molecule has 84 valence electrons. The fourth-order valence-electron chi connectivity index (χ4n) is 0.512. The van der Waals surface area contributed by atoms with Gasteiger partial charge >= 0.3 is 29.0 Å². The molecule has 0 aromatic rings. The van der Waals surface area contributed by atoms with Gasteiger partial charge in [-0.2, -0.15) is 0 Å². The van der Waals surface area contributed by atoms with Crippen LogP contribution in [0.1, 0.15) is 13.8 Å². The average molecular weight is 224 g/mol. The number of hydrogen-bond donors (Lipinski definition) is 3. The Bertz CT molecular complexity index is 189. The lowest BCUT2D eigenvalue weighted by Crippen LogP contribution is -2.48. The number of aliphatic hydroxyl groups is 2. The van der Waals surface area contributed by atoms with E-state index in [0.717, 1.165) is 13.8 Å². The molecule has 2 atom stereocenters. The summed E-state index contributed by atoms with van der Waals surface area (Å²) in [5, 5.41) is 25.8. The first-order valence-electron chi connectivity index (χ1n) is 2.98. The summed E-state index contributed by atoms with van der Waals surface area (Å²) in [7, 11) is 0. The van der Waals surface area contributed by atoms with E-state index in [1.54, 1.807) is 0 Å². The van der Waals surface area contributed by atoms with Crippen LogP contribution < -0.4 is 0 Å². The number of rotatable bonds is 3. The van der Waals surface area contributed by atoms with Gasteiger partial charge in [-0.3, -0.25) is 4.79 Å². The van der Waals surface area contributed by atoms with Crippen LogP contribution in [0.5, 0.6) is 0 Å². The van der Waals surface area contributed by atoms with E-state index in [1.165, 1.54) is 0 Å². The Morgan fingerprint density at radius 3 is 1.64 bits per heavy atom. The zero-order chi connectivity index (χ0) is 9.23. The number of ketones is 1. The fraction of sp³-hybridized carbons (Fsp3) is 0.667. The second kappa shape index (κ2) is 8.09. The van der Waals surface area contributed by atoms with Crippen molar-refractivity contribution in [2.24, 2.45) is 0 Å². The number of carboxylic acids is 1. The highest BCUT2D eigenvalue weighted by atomic mass is 24.3. The van der Waals surface area contributed by atoms with Crippen LogP contribution in [-0.2, 0) is 9.59 Å². The third-order valence-corrected chi connectivity index (χ3v) is 1.28. The van der Waals surface area contributed by atoms with Crippen LogP contribution in [0.25, 0.3) is 0 Å². The summed E-state index contributed by atoms with van der Waals surface area (Å²) in [5.74, 6) is -2.78. The predicted molar refractivity (Wildman–Crippen MR) is 50.7 cm³/mol. The number of aliphatic hydroxyl groups excluding tert-OH is 1. The lowest BCUT2D eigenvalue weighted by atomic mass is 9.98. The summed E-state index contributed by atoms with van der Waals surface area (Å²) in [6.07, 6.45) is -1.47. The Kier molecular flexibility index (Phi) is 13.6. The van der Waals surface area contributed by atoms with Crippen LogP contribution in [0.15, 0.2) is 0 Å². The zero-order valence-electron chi connectivity index (χ0n) is 7.24. The standard InChI is InChI=1S/C6H10O5.Mg.2H2O.2H/c1-3(7)4(8)6(2,11)5(9)10;;;;;/h3,7,11H,1-2H3,(H,9,10);;2*1H2;;. The fourth-order valence-corrected chi connectivity index (χ4v) is 0.512. The summed E-state index contributed by atoms with van der Waals surface area (Å²) in [6.45, 7) is 1.92. The van der Waals surface area contributed by atoms with Crippen molar-refractivity contribution in [3.8, 4) is 0 Å². The van der Waals surface area contributed by atoms with Crippen molar-refractivity contribution in [3.05, 3.63) is 0 Å². The minimum Gasteiger partial charge on any atom is -0.479 e. The number of aliphatic carboxylic acids is 1. The number of carbonyl (C=O) groups excluding carboxylic acids is 1. The normalized spacial score (nSPS) is 14.6. The first-order chi connectivity index (χ1) is 4.80. The molecule has 0 amide bonds. The molecule has 7 N–H and O–H groups in total. The molecule has 0 radical (unpaired) electrons. The molecule has 0 aromatic carbocycles. The highest BCUT2D eigenvalue weighted by molar-refractivity contribution is 6.07. The molecule has 0 aromatic heterocycles. The minimum atomic E-state index is -2.49. The first-order valence-corrected chi connectivity index (χ1v) is 2.98. The molecule has 2 unspecified atom stereocenters. The highest BCUT2D eigenvalue weighted by Crippen LogP contribution is 2.07. The van der Waals surface area contributed by atoms with E-state index in [0.29, 0.717) is 0 Å². The van der Waals surface area contributed by atoms with Gasteiger partial charge in [-0.25, -0.2) is 4.79 Å². The van der Waals surface area contributed by atoms with E-state index in [9.17, 15) is 9.59 Å². The van der Waals surface area contributed by atoms with Gasteiger partial charge in [-0.05, 0) is 13.8 Å². The number of carboxylic acid groups (broad SMARTS) is 1. The molecule has 14 heavy (non-hydrogen) atoms. The number of carbonyl (C=O) groups is 2. The van der Waals surface area contributed by atoms with Crippen LogP contribution in [0.4, 0.5) is 0 Å². The van der Waals surface area contributed by atoms with E-state index in [4.69, 9.17) is 15.3 Å². The maximum atomic E-state index is 10.7. The second-order valence-electron chi connectivity index (χ2n) is 2.42. The van der Waals surface area contributed by atoms with E-state index in [1.807, 2.05) is 0 Å². The Morgan fingerprint density at radius 2 is 1.57 bits per heavy atom. The monoisotopic (exact) mass is 224 g/mol.